The van der Waals surface area contributed by atoms with Crippen molar-refractivity contribution in [1.82, 2.24) is 14.1 Å². The maximum Gasteiger partial charge on any atom is 0.243 e. The summed E-state index contributed by atoms with van der Waals surface area (Å²) < 4.78 is 38.1. The van der Waals surface area contributed by atoms with Gasteiger partial charge in [-0.1, -0.05) is 18.2 Å². The standard InChI is InChI=1S/C22H31N3O6S/c26-20(8-9-21(27)24-10-4-5-18(17-24)22-30-15-16-31-22)23-11-13-25(14-12-23)32(28,29)19-6-2-1-3-7-19/h1-3,6-7,18,22H,4-5,8-17H2. The van der Waals surface area contributed by atoms with Crippen LogP contribution in [-0.2, 0) is 29.1 Å². The number of piperidine rings is 1. The van der Waals surface area contributed by atoms with Crippen LogP contribution in [0.15, 0.2) is 35.2 Å². The van der Waals surface area contributed by atoms with Crippen LogP contribution in [0.1, 0.15) is 25.7 Å². The van der Waals surface area contributed by atoms with Crippen LogP contribution >= 0.6 is 0 Å². The summed E-state index contributed by atoms with van der Waals surface area (Å²) in [6.45, 7) is 3.69. The van der Waals surface area contributed by atoms with Crippen LogP contribution in [0.4, 0.5) is 0 Å². The molecule has 0 aromatic heterocycles. The third-order valence-corrected chi connectivity index (χ3v) is 8.28. The molecule has 0 bridgehead atoms. The van der Waals surface area contributed by atoms with Crippen molar-refractivity contribution < 1.29 is 27.5 Å². The summed E-state index contributed by atoms with van der Waals surface area (Å²) in [7, 11) is -3.55. The van der Waals surface area contributed by atoms with Gasteiger partial charge in [-0.05, 0) is 25.0 Å². The van der Waals surface area contributed by atoms with Crippen molar-refractivity contribution in [2.75, 3.05) is 52.5 Å². The maximum absolute atomic E-state index is 12.7. The first-order chi connectivity index (χ1) is 15.4. The monoisotopic (exact) mass is 465 g/mol. The fourth-order valence-electron chi connectivity index (χ4n) is 4.56. The number of carbonyl (C=O) groups excluding carboxylic acids is 2. The lowest BCUT2D eigenvalue weighted by atomic mass is 9.97. The Balaban J connectivity index is 1.22. The van der Waals surface area contributed by atoms with E-state index in [2.05, 4.69) is 0 Å². The fourth-order valence-corrected chi connectivity index (χ4v) is 6.00. The molecule has 9 nitrogen and oxygen atoms in total. The van der Waals surface area contributed by atoms with Gasteiger partial charge < -0.3 is 19.3 Å². The van der Waals surface area contributed by atoms with Crippen LogP contribution in [0.3, 0.4) is 0 Å². The number of nitrogens with zero attached hydrogens (tertiary/aromatic N) is 3. The lowest BCUT2D eigenvalue weighted by Crippen LogP contribution is -2.50. The number of benzene rings is 1. The molecule has 1 aromatic rings. The molecule has 0 saturated carbocycles. The smallest absolute Gasteiger partial charge is 0.243 e. The Morgan fingerprint density at radius 2 is 1.50 bits per heavy atom. The average molecular weight is 466 g/mol. The summed E-state index contributed by atoms with van der Waals surface area (Å²) in [6.07, 6.45) is 1.97. The van der Waals surface area contributed by atoms with E-state index < -0.39 is 10.0 Å². The van der Waals surface area contributed by atoms with Gasteiger partial charge in [-0.2, -0.15) is 4.31 Å². The van der Waals surface area contributed by atoms with Crippen LogP contribution in [0.5, 0.6) is 0 Å². The molecule has 3 aliphatic heterocycles. The predicted molar refractivity (Wildman–Crippen MR) is 116 cm³/mol. The van der Waals surface area contributed by atoms with Crippen LogP contribution < -0.4 is 0 Å². The Hall–Kier alpha value is -2.01. The second kappa shape index (κ2) is 10.3. The molecule has 3 fully saturated rings. The van der Waals surface area contributed by atoms with Gasteiger partial charge in [0.1, 0.15) is 0 Å². The van der Waals surface area contributed by atoms with Gasteiger partial charge in [-0.25, -0.2) is 8.42 Å². The molecule has 0 aliphatic carbocycles. The molecule has 0 spiro atoms. The first kappa shape index (κ1) is 23.2. The van der Waals surface area contributed by atoms with E-state index in [-0.39, 0.29) is 54.8 Å². The molecule has 1 aromatic carbocycles. The fraction of sp³-hybridized carbons (Fsp3) is 0.636. The molecule has 1 unspecified atom stereocenters. The summed E-state index contributed by atoms with van der Waals surface area (Å²) in [6, 6.07) is 8.32. The molecule has 0 N–H and O–H groups in total. The van der Waals surface area contributed by atoms with E-state index in [9.17, 15) is 18.0 Å². The quantitative estimate of drug-likeness (QED) is 0.620. The van der Waals surface area contributed by atoms with Gasteiger partial charge in [0.25, 0.3) is 0 Å². The first-order valence-electron chi connectivity index (χ1n) is 11.3. The number of amides is 2. The van der Waals surface area contributed by atoms with E-state index >= 15 is 0 Å². The number of hydrogen-bond donors (Lipinski definition) is 0. The average Bonchev–Trinajstić information content (AvgIpc) is 3.38. The van der Waals surface area contributed by atoms with Crippen LogP contribution in [-0.4, -0.2) is 93.1 Å². The van der Waals surface area contributed by atoms with Gasteiger partial charge in [0, 0.05) is 58.0 Å². The summed E-state index contributed by atoms with van der Waals surface area (Å²) >= 11 is 0. The molecule has 32 heavy (non-hydrogen) atoms. The molecule has 2 amide bonds. The van der Waals surface area contributed by atoms with Crippen LogP contribution in [0.25, 0.3) is 0 Å². The predicted octanol–water partition coefficient (Wildman–Crippen LogP) is 0.911. The van der Waals surface area contributed by atoms with Crippen LogP contribution in [0, 0.1) is 5.92 Å². The Labute approximate surface area is 189 Å². The van der Waals surface area contributed by atoms with Crippen molar-refractivity contribution >= 4 is 21.8 Å². The van der Waals surface area contributed by atoms with E-state index in [1.807, 2.05) is 4.90 Å². The highest BCUT2D eigenvalue weighted by Gasteiger charge is 2.33. The largest absolute Gasteiger partial charge is 0.350 e. The molecule has 1 atom stereocenters. The lowest BCUT2D eigenvalue weighted by molar-refractivity contribution is -0.142. The highest BCUT2D eigenvalue weighted by atomic mass is 32.2. The topological polar surface area (TPSA) is 96.5 Å². The lowest BCUT2D eigenvalue weighted by Gasteiger charge is -2.35. The highest BCUT2D eigenvalue weighted by molar-refractivity contribution is 7.89. The van der Waals surface area contributed by atoms with Gasteiger partial charge in [0.2, 0.25) is 21.8 Å². The van der Waals surface area contributed by atoms with E-state index in [1.54, 1.807) is 35.2 Å². The van der Waals surface area contributed by atoms with E-state index in [4.69, 9.17) is 9.47 Å². The molecule has 3 aliphatic rings. The molecular formula is C22H31N3O6S. The molecular weight excluding hydrogens is 434 g/mol. The number of ether oxygens (including phenoxy) is 2. The summed E-state index contributed by atoms with van der Waals surface area (Å²) in [5, 5.41) is 0. The van der Waals surface area contributed by atoms with E-state index in [0.29, 0.717) is 39.4 Å². The SMILES string of the molecule is O=C(CCC(=O)N1CCCC(C2OCCO2)C1)N1CCN(S(=O)(=O)c2ccccc2)CC1. The van der Waals surface area contributed by atoms with Gasteiger partial charge in [-0.15, -0.1) is 0 Å². The molecule has 3 heterocycles. The minimum Gasteiger partial charge on any atom is -0.350 e. The zero-order valence-electron chi connectivity index (χ0n) is 18.2. The van der Waals surface area contributed by atoms with Crippen molar-refractivity contribution in [3.63, 3.8) is 0 Å². The van der Waals surface area contributed by atoms with Crippen molar-refractivity contribution in [2.24, 2.45) is 5.92 Å². The normalized spacial score (nSPS) is 23.4. The van der Waals surface area contributed by atoms with E-state index in [0.717, 1.165) is 12.8 Å². The van der Waals surface area contributed by atoms with Crippen molar-refractivity contribution in [3.8, 4) is 0 Å². The molecule has 176 valence electrons. The van der Waals surface area contributed by atoms with Gasteiger partial charge >= 0.3 is 0 Å². The Kier molecular flexibility index (Phi) is 7.44. The second-order valence-electron chi connectivity index (χ2n) is 8.45. The van der Waals surface area contributed by atoms with Crippen molar-refractivity contribution in [1.29, 1.82) is 0 Å². The zero-order chi connectivity index (χ0) is 22.6. The highest BCUT2D eigenvalue weighted by Crippen LogP contribution is 2.25. The second-order valence-corrected chi connectivity index (χ2v) is 10.4. The number of carbonyl (C=O) groups is 2. The van der Waals surface area contributed by atoms with Crippen molar-refractivity contribution in [2.45, 2.75) is 36.9 Å². The Morgan fingerprint density at radius 1 is 0.875 bits per heavy atom. The first-order valence-corrected chi connectivity index (χ1v) is 12.7. The van der Waals surface area contributed by atoms with Gasteiger partial charge in [0.15, 0.2) is 6.29 Å². The molecule has 0 radical (unpaired) electrons. The summed E-state index contributed by atoms with van der Waals surface area (Å²) in [5.41, 5.74) is 0. The third kappa shape index (κ3) is 5.31. The summed E-state index contributed by atoms with van der Waals surface area (Å²) in [4.78, 5) is 29.0. The number of sulfonamides is 1. The number of hydrogen-bond acceptors (Lipinski definition) is 6. The number of likely N-dealkylation sites (tertiary alicyclic amines) is 1. The Bertz CT molecular complexity index is 896. The van der Waals surface area contributed by atoms with E-state index in [1.165, 1.54) is 4.31 Å². The minimum absolute atomic E-state index is 0.0219. The number of piperazine rings is 1. The minimum atomic E-state index is -3.55. The van der Waals surface area contributed by atoms with Crippen LogP contribution in [0.2, 0.25) is 0 Å². The van der Waals surface area contributed by atoms with Gasteiger partial charge in [0.05, 0.1) is 18.1 Å². The summed E-state index contributed by atoms with van der Waals surface area (Å²) in [5.74, 6) is 0.0583. The maximum atomic E-state index is 12.7. The third-order valence-electron chi connectivity index (χ3n) is 6.37. The molecule has 4 rings (SSSR count). The molecule has 10 heteroatoms. The zero-order valence-corrected chi connectivity index (χ0v) is 19.0. The van der Waals surface area contributed by atoms with Gasteiger partial charge in [-0.3, -0.25) is 9.59 Å². The molecule has 3 saturated heterocycles. The Morgan fingerprint density at radius 3 is 2.16 bits per heavy atom. The van der Waals surface area contributed by atoms with Crippen molar-refractivity contribution in [3.05, 3.63) is 30.3 Å². The number of rotatable bonds is 6.